The zero-order valence-corrected chi connectivity index (χ0v) is 91.8. The van der Waals surface area contributed by atoms with Crippen LogP contribution in [-0.4, -0.2) is 236 Å². The fourth-order valence-corrected chi connectivity index (χ4v) is 14.4. The Morgan fingerprint density at radius 2 is 0.691 bits per heavy atom. The van der Waals surface area contributed by atoms with Gasteiger partial charge in [-0.1, -0.05) is 95.4 Å². The van der Waals surface area contributed by atoms with E-state index in [1.807, 2.05) is 6.07 Å². The minimum absolute atomic E-state index is 0.0217. The molecule has 49 heteroatoms. The summed E-state index contributed by atoms with van der Waals surface area (Å²) in [6.45, 7) is 31.8. The number of nitrogens with one attached hydrogen (secondary N) is 2. The molecule has 0 fully saturated rings. The summed E-state index contributed by atoms with van der Waals surface area (Å²) in [5, 5.41) is 4.69. The number of nitrogen functional groups attached to an aromatic ring is 1. The molecular formula is C100H119Cl7N16O26. The standard InChI is InChI=1S/C36H44Cl2N6O10.C33H42Cl2N6O9.C28H30Cl2N4O6.C3H3ClO/c1-12-28(45)41-22-17-21(52-16-15-49-9)13-14-23(22)43(33(47)53-35(2,3)4)27-19-26(39-20-40-27)42(8)32(46)44(34(48)54-36(5,6)7)31-29(37)24(50-10)18-25(51-11)30(31)38;1-32(2,3)49-30(43)40(21-12-11-19(15-20(21)36)48-14-13-45-8)25-17-24(37-18-38-25)39(7)29(42)41(31(44)50-33(4,5)6)28-26(34)22(46-9)16-23(47-10)27(28)35;1-6-25(35)33-21-13-19(40-10-9-37-3)8-7-17(21)11-18-12-24(32-16-31-18)34(2)26(36)14-20-27(29)22(38-4)15-23(39-5)28(20)30;1-2-3(4)5/h12-14,17-20H,1,15-16H2,2-11H3,(H,41,45);11-12,15-18H,13-14,36H2,1-10H3;6-8,12-13,15-16H,1,9-11,14H2,2-5H3,(H,33,35);2H,1H2. The molecule has 3 heterocycles. The Hall–Kier alpha value is -14.2. The van der Waals surface area contributed by atoms with Gasteiger partial charge in [-0.05, 0) is 149 Å². The quantitative estimate of drug-likeness (QED) is 0.0108. The number of carbonyl (C=O) groups excluding carboxylic acids is 10. The SMILES string of the molecule is C=CC(=O)Cl.C=CC(=O)Nc1cc(OCCOC)ccc1Cc1cc(N(C)C(=O)Cc2c(Cl)c(OC)cc(OC)c2Cl)ncn1.C=CC(=O)Nc1cc(OCCOC)ccc1N(C(=O)OC(C)(C)C)c1cc(N(C)C(=O)N(C(=O)OC(C)(C)C)c2c(Cl)c(OC)cc(OC)c2Cl)ncn1.COCCOc1ccc(N(C(=O)OC(C)(C)C)c2cc(N(C)C(=O)N(C(=O)OC(C)(C)C)c3c(Cl)c(OC)cc(OC)c3Cl)ncn2)c(N)c1. The van der Waals surface area contributed by atoms with Crippen LogP contribution in [-0.2, 0) is 65.2 Å². The number of nitrogens with two attached hydrogens (primary N) is 1. The van der Waals surface area contributed by atoms with Gasteiger partial charge in [0, 0.05) is 115 Å². The van der Waals surface area contributed by atoms with Crippen molar-refractivity contribution in [2.75, 3.05) is 175 Å². The van der Waals surface area contributed by atoms with Gasteiger partial charge in [0.25, 0.3) is 0 Å². The fraction of sp³-hybridized carbons (Fsp3) is 0.360. The van der Waals surface area contributed by atoms with E-state index < -0.39 is 70.0 Å². The molecule has 0 aliphatic carbocycles. The van der Waals surface area contributed by atoms with Crippen LogP contribution in [0.4, 0.5) is 97.7 Å². The lowest BCUT2D eigenvalue weighted by molar-refractivity contribution is -0.118. The normalized spacial score (nSPS) is 10.9. The Kier molecular flexibility index (Phi) is 47.1. The lowest BCUT2D eigenvalue weighted by Crippen LogP contribution is -2.48. The third kappa shape index (κ3) is 35.5. The third-order valence-corrected chi connectivity index (χ3v) is 21.7. The molecule has 0 aliphatic heterocycles. The number of benzene rings is 6. The van der Waals surface area contributed by atoms with E-state index in [1.54, 1.807) is 147 Å². The van der Waals surface area contributed by atoms with Crippen LogP contribution in [0.1, 0.15) is 99.9 Å². The van der Waals surface area contributed by atoms with Gasteiger partial charge in [-0.25, -0.2) is 68.5 Å². The molecule has 0 unspecified atom stereocenters. The first-order chi connectivity index (χ1) is 70.1. The first-order valence-corrected chi connectivity index (χ1v) is 47.1. The number of anilines is 12. The first kappa shape index (κ1) is 123. The minimum Gasteiger partial charge on any atom is -0.495 e. The lowest BCUT2D eigenvalue weighted by Gasteiger charge is -2.31. The summed E-state index contributed by atoms with van der Waals surface area (Å²) < 4.78 is 86.8. The highest BCUT2D eigenvalue weighted by Crippen LogP contribution is 2.50. The molecule has 3 aromatic heterocycles. The molecule has 0 atom stereocenters. The number of nitrogens with zero attached hydrogens (tertiary/aromatic N) is 13. The van der Waals surface area contributed by atoms with E-state index in [9.17, 15) is 47.9 Å². The van der Waals surface area contributed by atoms with Gasteiger partial charge in [0.1, 0.15) is 174 Å². The number of allylic oxidation sites excluding steroid dienone is 1. The van der Waals surface area contributed by atoms with E-state index in [0.29, 0.717) is 94.2 Å². The van der Waals surface area contributed by atoms with Crippen molar-refractivity contribution in [3.8, 4) is 51.7 Å². The van der Waals surface area contributed by atoms with E-state index >= 15 is 0 Å². The maximum absolute atomic E-state index is 14.4. The molecule has 6 aromatic carbocycles. The number of aromatic nitrogens is 6. The number of ether oxygens (including phenoxy) is 16. The number of halogens is 7. The molecule has 0 saturated carbocycles. The second kappa shape index (κ2) is 56.8. The van der Waals surface area contributed by atoms with E-state index in [1.165, 1.54) is 124 Å². The smallest absolute Gasteiger partial charge is 0.423 e. The van der Waals surface area contributed by atoms with Gasteiger partial charge < -0.3 is 92.2 Å². The summed E-state index contributed by atoms with van der Waals surface area (Å²) in [6.07, 6.45) is 3.09. The second-order valence-electron chi connectivity index (χ2n) is 34.6. The second-order valence-corrected chi connectivity index (χ2v) is 37.3. The van der Waals surface area contributed by atoms with Crippen LogP contribution in [0.25, 0.3) is 0 Å². The van der Waals surface area contributed by atoms with Crippen LogP contribution >= 0.6 is 81.2 Å². The van der Waals surface area contributed by atoms with Gasteiger partial charge in [0.2, 0.25) is 23.0 Å². The number of methoxy groups -OCH3 is 9. The van der Waals surface area contributed by atoms with Crippen LogP contribution in [0.15, 0.2) is 148 Å². The predicted molar refractivity (Wildman–Crippen MR) is 571 cm³/mol. The highest BCUT2D eigenvalue weighted by Gasteiger charge is 2.41. The Labute approximate surface area is 897 Å². The van der Waals surface area contributed by atoms with E-state index in [2.05, 4.69) is 60.3 Å². The molecule has 149 heavy (non-hydrogen) atoms. The summed E-state index contributed by atoms with van der Waals surface area (Å²) in [5.74, 6) is 1.08. The van der Waals surface area contributed by atoms with Gasteiger partial charge in [0.05, 0.1) is 107 Å². The number of hydrogen-bond acceptors (Lipinski definition) is 33. The lowest BCUT2D eigenvalue weighted by atomic mass is 10.1. The molecule has 9 aromatic rings. The Morgan fingerprint density at radius 1 is 0.376 bits per heavy atom. The number of hydrogen-bond donors (Lipinski definition) is 3. The number of rotatable bonds is 36. The van der Waals surface area contributed by atoms with Gasteiger partial charge in [-0.3, -0.25) is 33.9 Å². The zero-order chi connectivity index (χ0) is 112. The monoisotopic (exact) mass is 2200 g/mol. The van der Waals surface area contributed by atoms with Crippen molar-refractivity contribution in [1.29, 1.82) is 0 Å². The van der Waals surface area contributed by atoms with Crippen molar-refractivity contribution in [3.63, 3.8) is 0 Å². The molecule has 11 amide bonds. The topological polar surface area (TPSA) is 468 Å². The summed E-state index contributed by atoms with van der Waals surface area (Å²) in [4.78, 5) is 164. The molecule has 9 rings (SSSR count). The molecule has 42 nitrogen and oxygen atoms in total. The van der Waals surface area contributed by atoms with E-state index in [-0.39, 0.29) is 142 Å². The molecule has 0 saturated heterocycles. The van der Waals surface area contributed by atoms with Gasteiger partial charge in [0.15, 0.2) is 0 Å². The summed E-state index contributed by atoms with van der Waals surface area (Å²) in [5.41, 5.74) is 4.77. The van der Waals surface area contributed by atoms with Crippen molar-refractivity contribution in [2.24, 2.45) is 0 Å². The molecule has 0 spiro atoms. The Bertz CT molecular complexity index is 6220. The molecule has 0 bridgehead atoms. The van der Waals surface area contributed by atoms with Crippen LogP contribution in [0.3, 0.4) is 0 Å². The van der Waals surface area contributed by atoms with Gasteiger partial charge in [-0.2, -0.15) is 9.80 Å². The number of likely N-dealkylation sites (N-methyl/N-ethyl adjacent to an activating group) is 1. The van der Waals surface area contributed by atoms with E-state index in [4.69, 9.17) is 163 Å². The van der Waals surface area contributed by atoms with Crippen LogP contribution in [0.5, 0.6) is 51.7 Å². The van der Waals surface area contributed by atoms with Crippen LogP contribution in [0, 0.1) is 0 Å². The average Bonchev–Trinajstić information content (AvgIpc) is 0.791. The number of imide groups is 2. The maximum Gasteiger partial charge on any atom is 0.423 e. The number of amides is 11. The number of carbonyl (C=O) groups is 10. The average molecular weight is 2210 g/mol. The minimum atomic E-state index is -1.14. The third-order valence-electron chi connectivity index (χ3n) is 19.3. The first-order valence-electron chi connectivity index (χ1n) is 44.5. The van der Waals surface area contributed by atoms with Crippen LogP contribution in [0.2, 0.25) is 30.1 Å². The summed E-state index contributed by atoms with van der Waals surface area (Å²) in [7, 11) is 17.2. The fourth-order valence-electron chi connectivity index (χ4n) is 12.4. The van der Waals surface area contributed by atoms with Gasteiger partial charge in [-0.15, -0.1) is 0 Å². The van der Waals surface area contributed by atoms with Crippen molar-refractivity contribution in [1.82, 2.24) is 29.9 Å². The van der Waals surface area contributed by atoms with Crippen molar-refractivity contribution in [2.45, 2.75) is 118 Å². The van der Waals surface area contributed by atoms with Crippen molar-refractivity contribution in [3.05, 3.63) is 195 Å². The highest BCUT2D eigenvalue weighted by atomic mass is 35.5. The summed E-state index contributed by atoms with van der Waals surface area (Å²) >= 11 is 44.2. The molecule has 0 radical (unpaired) electrons. The summed E-state index contributed by atoms with van der Waals surface area (Å²) in [6, 6.07) is 21.3. The molecule has 804 valence electrons. The van der Waals surface area contributed by atoms with Crippen LogP contribution < -0.4 is 93.3 Å². The largest absolute Gasteiger partial charge is 0.495 e. The Morgan fingerprint density at radius 3 is 1.04 bits per heavy atom. The highest BCUT2D eigenvalue weighted by molar-refractivity contribution is 6.66. The Balaban J connectivity index is 0.000000336. The number of urea groups is 2. The molecular weight excluding hydrogens is 2090 g/mol. The van der Waals surface area contributed by atoms with E-state index in [0.717, 1.165) is 50.0 Å². The van der Waals surface area contributed by atoms with Gasteiger partial charge >= 0.3 is 36.4 Å². The van der Waals surface area contributed by atoms with Crippen molar-refractivity contribution >= 4 is 210 Å². The molecule has 0 aliphatic rings. The zero-order valence-electron chi connectivity index (χ0n) is 86.6. The molecule has 4 N–H and O–H groups in total. The predicted octanol–water partition coefficient (Wildman–Crippen LogP) is 21.2. The van der Waals surface area contributed by atoms with Crippen molar-refractivity contribution < 1.29 is 124 Å². The maximum atomic E-state index is 14.4.